The maximum atomic E-state index is 13.1. The standard InChI is InChI=1S/C17H31N3O3S/c1-18-12-15-8-4-11-20(15)24(22,23)16-9-5-10-19(13-16)17(21)14-6-2-3-7-14/h14-16,18H,2-13H2,1H3. The summed E-state index contributed by atoms with van der Waals surface area (Å²) in [5.74, 6) is 0.330. The molecule has 3 aliphatic rings. The van der Waals surface area contributed by atoms with E-state index in [2.05, 4.69) is 5.32 Å². The minimum atomic E-state index is -3.32. The lowest BCUT2D eigenvalue weighted by molar-refractivity contribution is -0.136. The lowest BCUT2D eigenvalue weighted by Crippen LogP contribution is -2.52. The van der Waals surface area contributed by atoms with E-state index in [1.54, 1.807) is 4.31 Å². The van der Waals surface area contributed by atoms with E-state index < -0.39 is 15.3 Å². The zero-order chi connectivity index (χ0) is 17.2. The van der Waals surface area contributed by atoms with Gasteiger partial charge in [0.15, 0.2) is 0 Å². The summed E-state index contributed by atoms with van der Waals surface area (Å²) < 4.78 is 28.0. The van der Waals surface area contributed by atoms with E-state index >= 15 is 0 Å². The Bertz CT molecular complexity index is 545. The molecule has 2 saturated heterocycles. The third-order valence-electron chi connectivity index (χ3n) is 5.91. The monoisotopic (exact) mass is 357 g/mol. The zero-order valence-corrected chi connectivity index (χ0v) is 15.6. The van der Waals surface area contributed by atoms with Crippen LogP contribution in [0.15, 0.2) is 0 Å². The van der Waals surface area contributed by atoms with E-state index in [-0.39, 0.29) is 17.9 Å². The van der Waals surface area contributed by atoms with Gasteiger partial charge in [-0.1, -0.05) is 12.8 Å². The van der Waals surface area contributed by atoms with Crippen LogP contribution in [-0.2, 0) is 14.8 Å². The molecule has 24 heavy (non-hydrogen) atoms. The topological polar surface area (TPSA) is 69.7 Å². The Labute approximate surface area is 146 Å². The highest BCUT2D eigenvalue weighted by Crippen LogP contribution is 2.30. The quantitative estimate of drug-likeness (QED) is 0.802. The summed E-state index contributed by atoms with van der Waals surface area (Å²) in [6.07, 6.45) is 7.55. The van der Waals surface area contributed by atoms with Crippen molar-refractivity contribution in [2.45, 2.75) is 62.7 Å². The fourth-order valence-corrected chi connectivity index (χ4v) is 6.78. The highest BCUT2D eigenvalue weighted by Gasteiger charge is 2.42. The molecule has 0 aromatic carbocycles. The second kappa shape index (κ2) is 7.70. The van der Waals surface area contributed by atoms with Gasteiger partial charge in [-0.15, -0.1) is 0 Å². The van der Waals surface area contributed by atoms with Crippen LogP contribution in [0.25, 0.3) is 0 Å². The molecule has 1 saturated carbocycles. The number of sulfonamides is 1. The zero-order valence-electron chi connectivity index (χ0n) is 14.7. The first-order chi connectivity index (χ1) is 11.5. The van der Waals surface area contributed by atoms with Gasteiger partial charge in [-0.2, -0.15) is 4.31 Å². The van der Waals surface area contributed by atoms with Crippen molar-refractivity contribution in [1.82, 2.24) is 14.5 Å². The van der Waals surface area contributed by atoms with Crippen molar-refractivity contribution in [3.63, 3.8) is 0 Å². The fourth-order valence-electron chi connectivity index (χ4n) is 4.59. The van der Waals surface area contributed by atoms with E-state index in [1.165, 1.54) is 0 Å². The van der Waals surface area contributed by atoms with Crippen molar-refractivity contribution in [3.05, 3.63) is 0 Å². The van der Waals surface area contributed by atoms with Gasteiger partial charge < -0.3 is 10.2 Å². The summed E-state index contributed by atoms with van der Waals surface area (Å²) in [4.78, 5) is 14.5. The number of nitrogens with one attached hydrogen (secondary N) is 1. The van der Waals surface area contributed by atoms with E-state index in [9.17, 15) is 13.2 Å². The molecule has 3 rings (SSSR count). The molecule has 7 heteroatoms. The molecule has 2 heterocycles. The normalized spacial score (nSPS) is 30.1. The summed E-state index contributed by atoms with van der Waals surface area (Å²) in [5.41, 5.74) is 0. The number of nitrogens with zero attached hydrogens (tertiary/aromatic N) is 2. The number of hydrogen-bond acceptors (Lipinski definition) is 4. The maximum absolute atomic E-state index is 13.1. The van der Waals surface area contributed by atoms with E-state index in [0.29, 0.717) is 26.1 Å². The Kier molecular flexibility index (Phi) is 5.82. The largest absolute Gasteiger partial charge is 0.341 e. The molecule has 3 fully saturated rings. The highest BCUT2D eigenvalue weighted by molar-refractivity contribution is 7.89. The molecule has 6 nitrogen and oxygen atoms in total. The number of hydrogen-bond donors (Lipinski definition) is 1. The predicted octanol–water partition coefficient (Wildman–Crippen LogP) is 1.18. The van der Waals surface area contributed by atoms with Crippen molar-refractivity contribution >= 4 is 15.9 Å². The molecule has 1 aliphatic carbocycles. The molecule has 0 bridgehead atoms. The van der Waals surface area contributed by atoms with Gasteiger partial charge in [-0.25, -0.2) is 8.42 Å². The van der Waals surface area contributed by atoms with Crippen molar-refractivity contribution in [3.8, 4) is 0 Å². The summed E-state index contributed by atoms with van der Waals surface area (Å²) >= 11 is 0. The molecule has 0 aromatic heterocycles. The Morgan fingerprint density at radius 3 is 2.46 bits per heavy atom. The van der Waals surface area contributed by atoms with Crippen LogP contribution in [0, 0.1) is 5.92 Å². The van der Waals surface area contributed by atoms with Crippen LogP contribution in [0.2, 0.25) is 0 Å². The number of piperidine rings is 1. The summed E-state index contributed by atoms with van der Waals surface area (Å²) in [5, 5.41) is 2.69. The Balaban J connectivity index is 1.67. The SMILES string of the molecule is CNCC1CCCN1S(=O)(=O)C1CCCN(C(=O)C2CCCC2)C1. The van der Waals surface area contributed by atoms with E-state index in [4.69, 9.17) is 0 Å². The molecule has 138 valence electrons. The van der Waals surface area contributed by atoms with Crippen LogP contribution in [0.3, 0.4) is 0 Å². The Morgan fingerprint density at radius 2 is 1.75 bits per heavy atom. The summed E-state index contributed by atoms with van der Waals surface area (Å²) in [6.45, 7) is 2.44. The maximum Gasteiger partial charge on any atom is 0.225 e. The number of amides is 1. The number of rotatable bonds is 5. The van der Waals surface area contributed by atoms with E-state index in [1.807, 2.05) is 11.9 Å². The Hall–Kier alpha value is -0.660. The lowest BCUT2D eigenvalue weighted by atomic mass is 10.0. The second-order valence-corrected chi connectivity index (χ2v) is 9.70. The number of likely N-dealkylation sites (tertiary alicyclic amines) is 1. The molecule has 1 N–H and O–H groups in total. The van der Waals surface area contributed by atoms with E-state index in [0.717, 1.165) is 51.5 Å². The van der Waals surface area contributed by atoms with Crippen molar-refractivity contribution < 1.29 is 13.2 Å². The molecule has 2 unspecified atom stereocenters. The first-order valence-electron chi connectivity index (χ1n) is 9.48. The molecule has 1 amide bonds. The minimum Gasteiger partial charge on any atom is -0.341 e. The number of carbonyl (C=O) groups excluding carboxylic acids is 1. The van der Waals surface area contributed by atoms with Gasteiger partial charge in [0, 0.05) is 38.1 Å². The molecular weight excluding hydrogens is 326 g/mol. The van der Waals surface area contributed by atoms with Crippen LogP contribution >= 0.6 is 0 Å². The molecular formula is C17H31N3O3S. The highest BCUT2D eigenvalue weighted by atomic mass is 32.2. The fraction of sp³-hybridized carbons (Fsp3) is 0.941. The summed E-state index contributed by atoms with van der Waals surface area (Å²) in [7, 11) is -1.46. The van der Waals surface area contributed by atoms with Gasteiger partial charge in [0.2, 0.25) is 15.9 Å². The van der Waals surface area contributed by atoms with Crippen LogP contribution in [0.4, 0.5) is 0 Å². The van der Waals surface area contributed by atoms with Crippen LogP contribution < -0.4 is 5.32 Å². The second-order valence-electron chi connectivity index (χ2n) is 7.54. The van der Waals surface area contributed by atoms with Gasteiger partial charge in [-0.3, -0.25) is 4.79 Å². The van der Waals surface area contributed by atoms with Gasteiger partial charge >= 0.3 is 0 Å². The Morgan fingerprint density at radius 1 is 1.04 bits per heavy atom. The van der Waals surface area contributed by atoms with Gasteiger partial charge in [0.05, 0.1) is 5.25 Å². The van der Waals surface area contributed by atoms with Crippen molar-refractivity contribution in [2.24, 2.45) is 5.92 Å². The molecule has 2 aliphatic heterocycles. The van der Waals surface area contributed by atoms with Crippen molar-refractivity contribution in [2.75, 3.05) is 33.2 Å². The van der Waals surface area contributed by atoms with Gasteiger partial charge in [0.1, 0.15) is 0 Å². The number of carbonyl (C=O) groups is 1. The summed E-state index contributed by atoms with van der Waals surface area (Å²) in [6, 6.07) is 0.0703. The van der Waals surface area contributed by atoms with Crippen LogP contribution in [0.1, 0.15) is 51.4 Å². The molecule has 0 radical (unpaired) electrons. The first-order valence-corrected chi connectivity index (χ1v) is 11.0. The molecule has 0 spiro atoms. The third-order valence-corrected chi connectivity index (χ3v) is 8.27. The van der Waals surface area contributed by atoms with Crippen LogP contribution in [-0.4, -0.2) is 68.0 Å². The molecule has 0 aromatic rings. The lowest BCUT2D eigenvalue weighted by Gasteiger charge is -2.36. The number of likely N-dealkylation sites (N-methyl/N-ethyl adjacent to an activating group) is 1. The smallest absolute Gasteiger partial charge is 0.225 e. The predicted molar refractivity (Wildman–Crippen MR) is 94.1 cm³/mol. The average molecular weight is 358 g/mol. The van der Waals surface area contributed by atoms with Gasteiger partial charge in [-0.05, 0) is 45.6 Å². The first kappa shape index (κ1) is 18.1. The van der Waals surface area contributed by atoms with Crippen molar-refractivity contribution in [1.29, 1.82) is 0 Å². The van der Waals surface area contributed by atoms with Gasteiger partial charge in [0.25, 0.3) is 0 Å². The van der Waals surface area contributed by atoms with Crippen LogP contribution in [0.5, 0.6) is 0 Å². The average Bonchev–Trinajstić information content (AvgIpc) is 3.26. The third kappa shape index (κ3) is 3.63. The molecule has 2 atom stereocenters. The minimum absolute atomic E-state index is 0.0703.